The molecule has 0 aliphatic heterocycles. The van der Waals surface area contributed by atoms with Gasteiger partial charge in [0.25, 0.3) is 5.91 Å². The molecule has 0 spiro atoms. The van der Waals surface area contributed by atoms with E-state index in [1.807, 2.05) is 50.2 Å². The normalized spacial score (nSPS) is 10.3. The van der Waals surface area contributed by atoms with Crippen molar-refractivity contribution in [2.45, 2.75) is 20.4 Å². The Morgan fingerprint density at radius 2 is 1.67 bits per heavy atom. The Morgan fingerprint density at radius 1 is 0.963 bits per heavy atom. The molecule has 0 radical (unpaired) electrons. The lowest BCUT2D eigenvalue weighted by Crippen LogP contribution is -2.24. The molecule has 0 aliphatic rings. The van der Waals surface area contributed by atoms with E-state index in [9.17, 15) is 4.79 Å². The van der Waals surface area contributed by atoms with Crippen molar-refractivity contribution in [3.05, 3.63) is 77.0 Å². The number of anilines is 2. The molecule has 0 saturated carbocycles. The maximum Gasteiger partial charge on any atom is 0.272 e. The third kappa shape index (κ3) is 5.04. The number of hydrogen-bond donors (Lipinski definition) is 2. The maximum atomic E-state index is 12.2. The molecule has 138 valence electrons. The first kappa shape index (κ1) is 18.4. The molecule has 3 aromatic rings. The molecule has 2 aromatic carbocycles. The van der Waals surface area contributed by atoms with Crippen molar-refractivity contribution in [1.29, 1.82) is 0 Å². The molecule has 6 heteroatoms. The topological polar surface area (TPSA) is 76.1 Å². The molecule has 1 heterocycles. The summed E-state index contributed by atoms with van der Waals surface area (Å²) >= 11 is 0. The lowest BCUT2D eigenvalue weighted by molar-refractivity contribution is 0.0945. The summed E-state index contributed by atoms with van der Waals surface area (Å²) in [6.45, 7) is 4.49. The van der Waals surface area contributed by atoms with Crippen molar-refractivity contribution in [2.75, 3.05) is 12.4 Å². The Morgan fingerprint density at radius 3 is 2.26 bits per heavy atom. The molecular weight excluding hydrogens is 340 g/mol. The fraction of sp³-hybridized carbons (Fsp3) is 0.190. The summed E-state index contributed by atoms with van der Waals surface area (Å²) in [5.41, 5.74) is 4.53. The molecule has 0 unspecified atom stereocenters. The number of carbonyl (C=O) groups is 1. The van der Waals surface area contributed by atoms with E-state index in [1.165, 1.54) is 11.1 Å². The summed E-state index contributed by atoms with van der Waals surface area (Å²) in [6.07, 6.45) is 0. The second-order valence-electron chi connectivity index (χ2n) is 6.34. The summed E-state index contributed by atoms with van der Waals surface area (Å²) in [5, 5.41) is 14.1. The lowest BCUT2D eigenvalue weighted by atomic mass is 10.1. The number of hydrogen-bond acceptors (Lipinski definition) is 5. The number of nitrogens with one attached hydrogen (secondary N) is 2. The predicted octanol–water partition coefficient (Wildman–Crippen LogP) is 3.78. The molecule has 6 nitrogen and oxygen atoms in total. The summed E-state index contributed by atoms with van der Waals surface area (Å²) in [7, 11) is 1.62. The number of methoxy groups -OCH3 is 1. The van der Waals surface area contributed by atoms with Crippen molar-refractivity contribution >= 4 is 17.4 Å². The van der Waals surface area contributed by atoms with Gasteiger partial charge in [-0.2, -0.15) is 0 Å². The monoisotopic (exact) mass is 362 g/mol. The van der Waals surface area contributed by atoms with Crippen LogP contribution in [0.4, 0.5) is 11.5 Å². The molecule has 1 amide bonds. The van der Waals surface area contributed by atoms with Crippen molar-refractivity contribution in [3.63, 3.8) is 0 Å². The summed E-state index contributed by atoms with van der Waals surface area (Å²) in [5.74, 6) is 1.10. The van der Waals surface area contributed by atoms with Gasteiger partial charge in [0.15, 0.2) is 11.5 Å². The third-order valence-electron chi connectivity index (χ3n) is 4.00. The molecule has 1 aromatic heterocycles. The molecule has 0 fully saturated rings. The first-order chi connectivity index (χ1) is 13.0. The Labute approximate surface area is 158 Å². The predicted molar refractivity (Wildman–Crippen MR) is 105 cm³/mol. The number of amides is 1. The molecule has 0 atom stereocenters. The van der Waals surface area contributed by atoms with Crippen LogP contribution in [0.15, 0.2) is 54.6 Å². The molecule has 2 N–H and O–H groups in total. The highest BCUT2D eigenvalue weighted by atomic mass is 16.5. The summed E-state index contributed by atoms with van der Waals surface area (Å²) in [6, 6.07) is 17.1. The average molecular weight is 362 g/mol. The Hall–Kier alpha value is -3.41. The molecule has 0 aliphatic carbocycles. The Balaban J connectivity index is 1.59. The van der Waals surface area contributed by atoms with E-state index in [0.717, 1.165) is 17.0 Å². The minimum atomic E-state index is -0.267. The number of aryl methyl sites for hydroxylation is 2. The molecule has 0 bridgehead atoms. The van der Waals surface area contributed by atoms with Gasteiger partial charge in [-0.1, -0.05) is 18.2 Å². The van der Waals surface area contributed by atoms with Gasteiger partial charge in [-0.3, -0.25) is 4.79 Å². The Kier molecular flexibility index (Phi) is 5.66. The highest BCUT2D eigenvalue weighted by molar-refractivity contribution is 5.92. The SMILES string of the molecule is COc1ccc(CNC(=O)c2ccc(Nc3cc(C)cc(C)c3)nn2)cc1. The van der Waals surface area contributed by atoms with E-state index in [0.29, 0.717) is 12.4 Å². The van der Waals surface area contributed by atoms with Crippen LogP contribution in [0.5, 0.6) is 5.75 Å². The van der Waals surface area contributed by atoms with E-state index in [-0.39, 0.29) is 11.6 Å². The van der Waals surface area contributed by atoms with Crippen LogP contribution >= 0.6 is 0 Å². The largest absolute Gasteiger partial charge is 0.497 e. The number of carbonyl (C=O) groups excluding carboxylic acids is 1. The van der Waals surface area contributed by atoms with Crippen molar-refractivity contribution in [1.82, 2.24) is 15.5 Å². The van der Waals surface area contributed by atoms with Gasteiger partial charge in [0.2, 0.25) is 0 Å². The van der Waals surface area contributed by atoms with E-state index in [2.05, 4.69) is 26.9 Å². The van der Waals surface area contributed by atoms with E-state index < -0.39 is 0 Å². The van der Waals surface area contributed by atoms with Gasteiger partial charge < -0.3 is 15.4 Å². The first-order valence-corrected chi connectivity index (χ1v) is 8.63. The second-order valence-corrected chi connectivity index (χ2v) is 6.34. The van der Waals surface area contributed by atoms with Crippen molar-refractivity contribution < 1.29 is 9.53 Å². The van der Waals surface area contributed by atoms with Crippen LogP contribution in [-0.4, -0.2) is 23.2 Å². The van der Waals surface area contributed by atoms with Crippen molar-refractivity contribution in [3.8, 4) is 5.75 Å². The van der Waals surface area contributed by atoms with Gasteiger partial charge in [-0.25, -0.2) is 0 Å². The van der Waals surface area contributed by atoms with Crippen LogP contribution in [-0.2, 0) is 6.54 Å². The summed E-state index contributed by atoms with van der Waals surface area (Å²) < 4.78 is 5.12. The molecule has 3 rings (SSSR count). The standard InChI is InChI=1S/C21H22N4O2/c1-14-10-15(2)12-17(11-14)23-20-9-8-19(24-25-20)21(26)22-13-16-4-6-18(27-3)7-5-16/h4-12H,13H2,1-3H3,(H,22,26)(H,23,25). The number of rotatable bonds is 6. The Bertz CT molecular complexity index is 902. The lowest BCUT2D eigenvalue weighted by Gasteiger charge is -2.08. The smallest absolute Gasteiger partial charge is 0.272 e. The number of benzene rings is 2. The maximum absolute atomic E-state index is 12.2. The molecule has 0 saturated heterocycles. The minimum Gasteiger partial charge on any atom is -0.497 e. The third-order valence-corrected chi connectivity index (χ3v) is 4.00. The van der Waals surface area contributed by atoms with E-state index in [1.54, 1.807) is 19.2 Å². The fourth-order valence-corrected chi connectivity index (χ4v) is 2.73. The van der Waals surface area contributed by atoms with Crippen LogP contribution in [0.3, 0.4) is 0 Å². The number of nitrogens with zero attached hydrogens (tertiary/aromatic N) is 2. The van der Waals surface area contributed by atoms with Crippen molar-refractivity contribution in [2.24, 2.45) is 0 Å². The quantitative estimate of drug-likeness (QED) is 0.698. The van der Waals surface area contributed by atoms with Crippen LogP contribution < -0.4 is 15.4 Å². The number of aromatic nitrogens is 2. The minimum absolute atomic E-state index is 0.267. The van der Waals surface area contributed by atoms with Gasteiger partial charge in [0.1, 0.15) is 5.75 Å². The first-order valence-electron chi connectivity index (χ1n) is 8.63. The zero-order chi connectivity index (χ0) is 19.2. The van der Waals surface area contributed by atoms with Gasteiger partial charge in [-0.05, 0) is 66.9 Å². The van der Waals surface area contributed by atoms with E-state index in [4.69, 9.17) is 4.74 Å². The highest BCUT2D eigenvalue weighted by Gasteiger charge is 2.08. The fourth-order valence-electron chi connectivity index (χ4n) is 2.73. The second kappa shape index (κ2) is 8.31. The number of ether oxygens (including phenoxy) is 1. The highest BCUT2D eigenvalue weighted by Crippen LogP contribution is 2.18. The van der Waals surface area contributed by atoms with E-state index >= 15 is 0 Å². The van der Waals surface area contributed by atoms with Crippen LogP contribution in [0, 0.1) is 13.8 Å². The van der Waals surface area contributed by atoms with Crippen LogP contribution in [0.2, 0.25) is 0 Å². The van der Waals surface area contributed by atoms with Gasteiger partial charge in [0.05, 0.1) is 7.11 Å². The summed E-state index contributed by atoms with van der Waals surface area (Å²) in [4.78, 5) is 12.2. The van der Waals surface area contributed by atoms with Gasteiger partial charge >= 0.3 is 0 Å². The molecule has 27 heavy (non-hydrogen) atoms. The average Bonchev–Trinajstić information content (AvgIpc) is 2.66. The van der Waals surface area contributed by atoms with Crippen LogP contribution in [0.1, 0.15) is 27.2 Å². The van der Waals surface area contributed by atoms with Gasteiger partial charge in [-0.15, -0.1) is 10.2 Å². The molecular formula is C21H22N4O2. The zero-order valence-corrected chi connectivity index (χ0v) is 15.6. The van der Waals surface area contributed by atoms with Gasteiger partial charge in [0, 0.05) is 12.2 Å². The zero-order valence-electron chi connectivity index (χ0n) is 15.6. The van der Waals surface area contributed by atoms with Crippen LogP contribution in [0.25, 0.3) is 0 Å².